The van der Waals surface area contributed by atoms with Gasteiger partial charge in [0.15, 0.2) is 0 Å². The Hall–Kier alpha value is -1.88. The Morgan fingerprint density at radius 2 is 1.81 bits per heavy atom. The lowest BCUT2D eigenvalue weighted by Gasteiger charge is -2.23. The molecule has 1 aromatic carbocycles. The smallest absolute Gasteiger partial charge is 0.239 e. The summed E-state index contributed by atoms with van der Waals surface area (Å²) >= 11 is 0. The van der Waals surface area contributed by atoms with Crippen molar-refractivity contribution in [1.29, 1.82) is 0 Å². The minimum atomic E-state index is -0.636. The van der Waals surface area contributed by atoms with Gasteiger partial charge in [-0.1, -0.05) is 49.6 Å². The van der Waals surface area contributed by atoms with Crippen molar-refractivity contribution in [2.45, 2.75) is 44.2 Å². The average molecular weight is 289 g/mol. The molecule has 2 amide bonds. The minimum absolute atomic E-state index is 0.0796. The zero-order valence-corrected chi connectivity index (χ0v) is 12.2. The van der Waals surface area contributed by atoms with Crippen molar-refractivity contribution in [2.24, 2.45) is 5.73 Å². The maximum atomic E-state index is 11.9. The number of carbonyl (C=O) groups is 2. The van der Waals surface area contributed by atoms with Crippen molar-refractivity contribution in [2.75, 3.05) is 6.54 Å². The molecule has 0 heterocycles. The van der Waals surface area contributed by atoms with E-state index >= 15 is 0 Å². The number of nitrogens with one attached hydrogen (secondary N) is 2. The Balaban J connectivity index is 1.84. The molecule has 5 nitrogen and oxygen atoms in total. The maximum absolute atomic E-state index is 11.9. The van der Waals surface area contributed by atoms with Crippen LogP contribution in [0.25, 0.3) is 0 Å². The van der Waals surface area contributed by atoms with Crippen molar-refractivity contribution >= 4 is 11.8 Å². The summed E-state index contributed by atoms with van der Waals surface area (Å²) in [5.74, 6) is -0.559. The van der Waals surface area contributed by atoms with Crippen molar-refractivity contribution in [1.82, 2.24) is 10.6 Å². The van der Waals surface area contributed by atoms with E-state index in [4.69, 9.17) is 5.73 Å². The van der Waals surface area contributed by atoms with Crippen LogP contribution in [0.5, 0.6) is 0 Å². The lowest BCUT2D eigenvalue weighted by Crippen LogP contribution is -2.44. The molecule has 1 saturated carbocycles. The van der Waals surface area contributed by atoms with Crippen LogP contribution in [0.4, 0.5) is 0 Å². The second kappa shape index (κ2) is 7.78. The second-order valence-electron chi connectivity index (χ2n) is 5.53. The fraction of sp³-hybridized carbons (Fsp3) is 0.500. The molecule has 0 saturated heterocycles. The molecule has 0 aliphatic heterocycles. The molecule has 0 spiro atoms. The minimum Gasteiger partial charge on any atom is -0.368 e. The van der Waals surface area contributed by atoms with Crippen LogP contribution in [0, 0.1) is 0 Å². The van der Waals surface area contributed by atoms with Gasteiger partial charge in [-0.15, -0.1) is 0 Å². The zero-order chi connectivity index (χ0) is 15.1. The number of rotatable bonds is 6. The number of benzene rings is 1. The third-order valence-corrected chi connectivity index (χ3v) is 3.85. The third kappa shape index (κ3) is 4.86. The van der Waals surface area contributed by atoms with Crippen LogP contribution < -0.4 is 16.4 Å². The predicted octanol–water partition coefficient (Wildman–Crippen LogP) is 1.25. The fourth-order valence-corrected chi connectivity index (χ4v) is 2.75. The van der Waals surface area contributed by atoms with E-state index in [0.29, 0.717) is 0 Å². The van der Waals surface area contributed by atoms with Crippen LogP contribution in [-0.2, 0) is 9.59 Å². The first-order chi connectivity index (χ1) is 10.2. The topological polar surface area (TPSA) is 84.2 Å². The highest BCUT2D eigenvalue weighted by atomic mass is 16.2. The first-order valence-electron chi connectivity index (χ1n) is 7.54. The van der Waals surface area contributed by atoms with Crippen molar-refractivity contribution in [3.63, 3.8) is 0 Å². The highest BCUT2D eigenvalue weighted by Gasteiger charge is 2.20. The number of amides is 2. The Labute approximate surface area is 125 Å². The third-order valence-electron chi connectivity index (χ3n) is 3.85. The van der Waals surface area contributed by atoms with E-state index in [9.17, 15) is 9.59 Å². The Bertz CT molecular complexity index is 470. The zero-order valence-electron chi connectivity index (χ0n) is 12.2. The Morgan fingerprint density at radius 1 is 1.14 bits per heavy atom. The highest BCUT2D eigenvalue weighted by Crippen LogP contribution is 2.17. The summed E-state index contributed by atoms with van der Waals surface area (Å²) in [4.78, 5) is 23.5. The van der Waals surface area contributed by atoms with E-state index in [1.807, 2.05) is 30.3 Å². The molecule has 2 rings (SSSR count). The molecule has 1 aliphatic rings. The van der Waals surface area contributed by atoms with E-state index < -0.39 is 11.9 Å². The first-order valence-corrected chi connectivity index (χ1v) is 7.54. The summed E-state index contributed by atoms with van der Waals surface area (Å²) in [6.45, 7) is 0.0962. The van der Waals surface area contributed by atoms with Gasteiger partial charge in [0.2, 0.25) is 11.8 Å². The van der Waals surface area contributed by atoms with Crippen LogP contribution in [0.15, 0.2) is 30.3 Å². The van der Waals surface area contributed by atoms with E-state index in [1.165, 1.54) is 19.3 Å². The van der Waals surface area contributed by atoms with Gasteiger partial charge >= 0.3 is 0 Å². The van der Waals surface area contributed by atoms with E-state index in [2.05, 4.69) is 10.6 Å². The van der Waals surface area contributed by atoms with Crippen LogP contribution >= 0.6 is 0 Å². The molecule has 0 bridgehead atoms. The van der Waals surface area contributed by atoms with Crippen LogP contribution in [-0.4, -0.2) is 24.4 Å². The summed E-state index contributed by atoms with van der Waals surface area (Å²) < 4.78 is 0. The highest BCUT2D eigenvalue weighted by molar-refractivity contribution is 5.83. The van der Waals surface area contributed by atoms with Gasteiger partial charge in [-0.3, -0.25) is 14.9 Å². The average Bonchev–Trinajstić information content (AvgIpc) is 2.49. The second-order valence-corrected chi connectivity index (χ2v) is 5.53. The molecule has 0 unspecified atom stereocenters. The van der Waals surface area contributed by atoms with Crippen molar-refractivity contribution < 1.29 is 9.59 Å². The summed E-state index contributed by atoms with van der Waals surface area (Å²) in [7, 11) is 0. The van der Waals surface area contributed by atoms with Gasteiger partial charge < -0.3 is 11.1 Å². The molecular formula is C16H23N3O2. The van der Waals surface area contributed by atoms with Crippen molar-refractivity contribution in [3.8, 4) is 0 Å². The monoisotopic (exact) mass is 289 g/mol. The fourth-order valence-electron chi connectivity index (χ4n) is 2.75. The Kier molecular flexibility index (Phi) is 5.75. The lowest BCUT2D eigenvalue weighted by molar-refractivity contribution is -0.122. The molecule has 0 aromatic heterocycles. The largest absolute Gasteiger partial charge is 0.368 e. The van der Waals surface area contributed by atoms with Gasteiger partial charge in [-0.2, -0.15) is 0 Å². The maximum Gasteiger partial charge on any atom is 0.239 e. The summed E-state index contributed by atoms with van der Waals surface area (Å²) in [5, 5.41) is 5.95. The number of hydrogen-bond donors (Lipinski definition) is 3. The summed E-state index contributed by atoms with van der Waals surface area (Å²) in [5.41, 5.74) is 6.18. The van der Waals surface area contributed by atoms with E-state index in [1.54, 1.807) is 0 Å². The predicted molar refractivity (Wildman–Crippen MR) is 81.4 cm³/mol. The van der Waals surface area contributed by atoms with Gasteiger partial charge in [-0.25, -0.2) is 0 Å². The van der Waals surface area contributed by atoms with Crippen LogP contribution in [0.2, 0.25) is 0 Å². The molecule has 4 N–H and O–H groups in total. The summed E-state index contributed by atoms with van der Waals surface area (Å²) in [6.07, 6.45) is 5.69. The van der Waals surface area contributed by atoms with Gasteiger partial charge in [-0.05, 0) is 18.4 Å². The van der Waals surface area contributed by atoms with Crippen LogP contribution in [0.1, 0.15) is 43.7 Å². The first kappa shape index (κ1) is 15.5. The molecule has 21 heavy (non-hydrogen) atoms. The standard InChI is InChI=1S/C16H23N3O2/c17-16(21)15(12-7-3-1-4-8-12)18-11-14(20)19-13-9-5-2-6-10-13/h1,3-4,7-8,13,15,18H,2,5-6,9-11H2,(H2,17,21)(H,19,20)/t15-/m1/s1. The van der Waals surface area contributed by atoms with E-state index in [0.717, 1.165) is 18.4 Å². The summed E-state index contributed by atoms with van der Waals surface area (Å²) in [6, 6.07) is 8.84. The number of primary amides is 1. The van der Waals surface area contributed by atoms with Crippen LogP contribution in [0.3, 0.4) is 0 Å². The SMILES string of the molecule is NC(=O)[C@H](NCC(=O)NC1CCCCC1)c1ccccc1. The molecule has 1 fully saturated rings. The lowest BCUT2D eigenvalue weighted by atomic mass is 9.95. The molecular weight excluding hydrogens is 266 g/mol. The van der Waals surface area contributed by atoms with Gasteiger partial charge in [0.05, 0.1) is 6.54 Å². The van der Waals surface area contributed by atoms with Gasteiger partial charge in [0.25, 0.3) is 0 Å². The molecule has 0 radical (unpaired) electrons. The number of nitrogens with two attached hydrogens (primary N) is 1. The number of carbonyl (C=O) groups excluding carboxylic acids is 2. The quantitative estimate of drug-likeness (QED) is 0.737. The Morgan fingerprint density at radius 3 is 2.43 bits per heavy atom. The molecule has 114 valence electrons. The number of hydrogen-bond acceptors (Lipinski definition) is 3. The molecule has 1 aliphatic carbocycles. The molecule has 1 atom stereocenters. The molecule has 5 heteroatoms. The normalized spacial score (nSPS) is 17.1. The van der Waals surface area contributed by atoms with E-state index in [-0.39, 0.29) is 18.5 Å². The van der Waals surface area contributed by atoms with Gasteiger partial charge in [0.1, 0.15) is 6.04 Å². The molecule has 1 aromatic rings. The van der Waals surface area contributed by atoms with Crippen molar-refractivity contribution in [3.05, 3.63) is 35.9 Å². The van der Waals surface area contributed by atoms with Gasteiger partial charge in [0, 0.05) is 6.04 Å².